The summed E-state index contributed by atoms with van der Waals surface area (Å²) in [6.07, 6.45) is 0. The summed E-state index contributed by atoms with van der Waals surface area (Å²) < 4.78 is 6.17. The highest BCUT2D eigenvalue weighted by atomic mass is 79.9. The molecule has 0 saturated heterocycles. The van der Waals surface area contributed by atoms with Gasteiger partial charge in [0.25, 0.3) is 0 Å². The molecule has 18 heavy (non-hydrogen) atoms. The number of H-pyrrole nitrogens is 1. The number of nitrogens with two attached hydrogens (primary N) is 1. The summed E-state index contributed by atoms with van der Waals surface area (Å²) >= 11 is 3.48. The van der Waals surface area contributed by atoms with Crippen LogP contribution < -0.4 is 10.5 Å². The zero-order chi connectivity index (χ0) is 13.3. The lowest BCUT2D eigenvalue weighted by atomic mass is 10.0. The highest BCUT2D eigenvalue weighted by molar-refractivity contribution is 9.10. The van der Waals surface area contributed by atoms with Crippen LogP contribution in [-0.2, 0) is 6.54 Å². The number of rotatable bonds is 3. The lowest BCUT2D eigenvalue weighted by molar-refractivity contribution is 0.411. The van der Waals surface area contributed by atoms with Crippen molar-refractivity contribution in [2.24, 2.45) is 5.73 Å². The van der Waals surface area contributed by atoms with Crippen LogP contribution in [-0.4, -0.2) is 17.1 Å². The molecule has 0 saturated carbocycles. The molecule has 2 aromatic rings. The first-order valence-electron chi connectivity index (χ1n) is 5.67. The van der Waals surface area contributed by atoms with Crippen LogP contribution in [0.1, 0.15) is 17.0 Å². The molecular formula is C13H16BrN3O. The summed E-state index contributed by atoms with van der Waals surface area (Å²) in [5, 5.41) is 0. The molecule has 96 valence electrons. The molecule has 0 fully saturated rings. The third kappa shape index (κ3) is 2.15. The fourth-order valence-corrected chi connectivity index (χ4v) is 2.48. The summed E-state index contributed by atoms with van der Waals surface area (Å²) in [4.78, 5) is 7.61. The number of hydrogen-bond acceptors (Lipinski definition) is 3. The number of benzene rings is 1. The molecule has 1 heterocycles. The minimum atomic E-state index is 0.396. The van der Waals surface area contributed by atoms with Gasteiger partial charge in [0.05, 0.1) is 13.7 Å². The van der Waals surface area contributed by atoms with Crippen molar-refractivity contribution < 1.29 is 4.74 Å². The molecule has 0 amide bonds. The summed E-state index contributed by atoms with van der Waals surface area (Å²) in [6.45, 7) is 4.51. The monoisotopic (exact) mass is 309 g/mol. The highest BCUT2D eigenvalue weighted by Gasteiger charge is 2.14. The maximum Gasteiger partial charge on any atom is 0.122 e. The zero-order valence-corrected chi connectivity index (χ0v) is 12.3. The van der Waals surface area contributed by atoms with E-state index < -0.39 is 0 Å². The molecule has 0 aliphatic carbocycles. The summed E-state index contributed by atoms with van der Waals surface area (Å²) in [5.74, 6) is 1.66. The lowest BCUT2D eigenvalue weighted by Gasteiger charge is -2.11. The fraction of sp³-hybridized carbons (Fsp3) is 0.308. The largest absolute Gasteiger partial charge is 0.496 e. The first-order chi connectivity index (χ1) is 8.58. The second-order valence-corrected chi connectivity index (χ2v) is 4.91. The molecule has 5 heteroatoms. The predicted molar refractivity (Wildman–Crippen MR) is 75.6 cm³/mol. The van der Waals surface area contributed by atoms with Crippen LogP contribution in [0.3, 0.4) is 0 Å². The Morgan fingerprint density at radius 2 is 2.06 bits per heavy atom. The van der Waals surface area contributed by atoms with E-state index in [0.717, 1.165) is 38.6 Å². The molecule has 0 aliphatic rings. The topological polar surface area (TPSA) is 63.9 Å². The molecule has 1 aromatic carbocycles. The van der Waals surface area contributed by atoms with Crippen molar-refractivity contribution in [1.82, 2.24) is 9.97 Å². The standard InChI is InChI=1S/C13H16BrN3O/c1-7-8(2)10(18-3)5-4-9(7)12-13(14)17-11(6-15)16-12/h4-5H,6,15H2,1-3H3,(H,16,17). The first kappa shape index (κ1) is 13.1. The van der Waals surface area contributed by atoms with Crippen LogP contribution in [0, 0.1) is 13.8 Å². The van der Waals surface area contributed by atoms with Crippen LogP contribution >= 0.6 is 15.9 Å². The summed E-state index contributed by atoms with van der Waals surface area (Å²) in [5.41, 5.74) is 9.84. The van der Waals surface area contributed by atoms with Gasteiger partial charge in [0.15, 0.2) is 0 Å². The Balaban J connectivity index is 2.57. The van der Waals surface area contributed by atoms with Crippen molar-refractivity contribution in [1.29, 1.82) is 0 Å². The Labute approximate surface area is 115 Å². The van der Waals surface area contributed by atoms with Gasteiger partial charge in [-0.3, -0.25) is 0 Å². The van der Waals surface area contributed by atoms with E-state index in [2.05, 4.69) is 32.8 Å². The number of hydrogen-bond donors (Lipinski definition) is 2. The zero-order valence-electron chi connectivity index (χ0n) is 10.7. The van der Waals surface area contributed by atoms with Gasteiger partial charge in [-0.1, -0.05) is 0 Å². The summed E-state index contributed by atoms with van der Waals surface area (Å²) in [6, 6.07) is 3.98. The van der Waals surface area contributed by atoms with Crippen molar-refractivity contribution in [2.75, 3.05) is 7.11 Å². The molecule has 0 spiro atoms. The van der Waals surface area contributed by atoms with Gasteiger partial charge in [-0.25, -0.2) is 4.98 Å². The normalized spacial score (nSPS) is 10.7. The number of aromatic amines is 1. The van der Waals surface area contributed by atoms with Crippen molar-refractivity contribution in [2.45, 2.75) is 20.4 Å². The molecule has 0 atom stereocenters. The second kappa shape index (κ2) is 5.12. The van der Waals surface area contributed by atoms with Crippen LogP contribution in [0.4, 0.5) is 0 Å². The van der Waals surface area contributed by atoms with E-state index in [4.69, 9.17) is 10.5 Å². The van der Waals surface area contributed by atoms with Gasteiger partial charge in [0.1, 0.15) is 21.9 Å². The summed E-state index contributed by atoms with van der Waals surface area (Å²) in [7, 11) is 1.68. The smallest absolute Gasteiger partial charge is 0.122 e. The minimum Gasteiger partial charge on any atom is -0.496 e. The molecule has 0 unspecified atom stereocenters. The van der Waals surface area contributed by atoms with E-state index in [1.54, 1.807) is 7.11 Å². The Morgan fingerprint density at radius 3 is 2.61 bits per heavy atom. The van der Waals surface area contributed by atoms with E-state index in [9.17, 15) is 0 Å². The molecular weight excluding hydrogens is 294 g/mol. The molecule has 0 aliphatic heterocycles. The fourth-order valence-electron chi connectivity index (χ4n) is 1.95. The third-order valence-electron chi connectivity index (χ3n) is 3.11. The van der Waals surface area contributed by atoms with Gasteiger partial charge >= 0.3 is 0 Å². The Hall–Kier alpha value is -1.33. The van der Waals surface area contributed by atoms with Gasteiger partial charge in [0.2, 0.25) is 0 Å². The molecule has 3 N–H and O–H groups in total. The van der Waals surface area contributed by atoms with Gasteiger partial charge in [-0.05, 0) is 53.0 Å². The maximum atomic E-state index is 5.59. The van der Waals surface area contributed by atoms with Gasteiger partial charge in [0, 0.05) is 5.56 Å². The third-order valence-corrected chi connectivity index (χ3v) is 3.69. The molecule has 2 rings (SSSR count). The quantitative estimate of drug-likeness (QED) is 0.916. The number of nitrogens with one attached hydrogen (secondary N) is 1. The Morgan fingerprint density at radius 1 is 1.33 bits per heavy atom. The van der Waals surface area contributed by atoms with E-state index in [1.165, 1.54) is 0 Å². The Bertz CT molecular complexity index is 578. The van der Waals surface area contributed by atoms with E-state index >= 15 is 0 Å². The molecule has 1 aromatic heterocycles. The van der Waals surface area contributed by atoms with E-state index in [-0.39, 0.29) is 0 Å². The number of halogens is 1. The van der Waals surface area contributed by atoms with Crippen molar-refractivity contribution in [3.63, 3.8) is 0 Å². The average Bonchev–Trinajstić information content (AvgIpc) is 2.74. The van der Waals surface area contributed by atoms with Gasteiger partial charge in [-0.15, -0.1) is 0 Å². The molecule has 4 nitrogen and oxygen atoms in total. The lowest BCUT2D eigenvalue weighted by Crippen LogP contribution is -1.98. The number of imidazole rings is 1. The minimum absolute atomic E-state index is 0.396. The molecule has 0 bridgehead atoms. The SMILES string of the molecule is COc1ccc(-c2nc(CN)[nH]c2Br)c(C)c1C. The number of aromatic nitrogens is 2. The van der Waals surface area contributed by atoms with Crippen molar-refractivity contribution in [3.8, 4) is 17.0 Å². The number of nitrogens with zero attached hydrogens (tertiary/aromatic N) is 1. The molecule has 0 radical (unpaired) electrons. The van der Waals surface area contributed by atoms with Crippen LogP contribution in [0.25, 0.3) is 11.3 Å². The maximum absolute atomic E-state index is 5.59. The highest BCUT2D eigenvalue weighted by Crippen LogP contribution is 2.33. The van der Waals surface area contributed by atoms with Crippen molar-refractivity contribution in [3.05, 3.63) is 33.7 Å². The second-order valence-electron chi connectivity index (χ2n) is 4.12. The van der Waals surface area contributed by atoms with Crippen LogP contribution in [0.15, 0.2) is 16.7 Å². The Kier molecular flexibility index (Phi) is 3.73. The van der Waals surface area contributed by atoms with Gasteiger partial charge < -0.3 is 15.5 Å². The average molecular weight is 310 g/mol. The van der Waals surface area contributed by atoms with Gasteiger partial charge in [-0.2, -0.15) is 0 Å². The number of ether oxygens (including phenoxy) is 1. The first-order valence-corrected chi connectivity index (χ1v) is 6.46. The number of methoxy groups -OCH3 is 1. The van der Waals surface area contributed by atoms with Crippen molar-refractivity contribution >= 4 is 15.9 Å². The van der Waals surface area contributed by atoms with Crippen LogP contribution in [0.2, 0.25) is 0 Å². The van der Waals surface area contributed by atoms with E-state index in [0.29, 0.717) is 6.54 Å². The van der Waals surface area contributed by atoms with Crippen LogP contribution in [0.5, 0.6) is 5.75 Å². The predicted octanol–water partition coefficient (Wildman–Crippen LogP) is 2.92. The van der Waals surface area contributed by atoms with E-state index in [1.807, 2.05) is 19.1 Å².